The quantitative estimate of drug-likeness (QED) is 0.264. The first-order valence-corrected chi connectivity index (χ1v) is 10.0. The fraction of sp³-hybridized carbons (Fsp3) is 0.667. The van der Waals surface area contributed by atoms with E-state index in [0.29, 0.717) is 0 Å². The zero-order chi connectivity index (χ0) is 16.1. The first-order chi connectivity index (χ1) is 10.7. The van der Waals surface area contributed by atoms with Gasteiger partial charge in [-0.25, -0.2) is 0 Å². The number of unbranched alkanes of at least 4 members (excludes halogenated alkanes) is 9. The van der Waals surface area contributed by atoms with E-state index in [1.165, 1.54) is 51.4 Å². The standard InChI is InChI=1S/C18H30O3S.Ca.2H2/c1-2-3-4-5-6-7-8-9-10-14-17-21-22(19,20)18-15-12-11-13-16-18;;;/h11-13,15-16H,2-10,14,17H2,1H3;;2*1H. The Kier molecular flexibility index (Phi) is 15.0. The van der Waals surface area contributed by atoms with Crippen LogP contribution in [0.25, 0.3) is 0 Å². The van der Waals surface area contributed by atoms with E-state index < -0.39 is 10.1 Å². The summed E-state index contributed by atoms with van der Waals surface area (Å²) in [6, 6.07) is 8.33. The summed E-state index contributed by atoms with van der Waals surface area (Å²) in [5.41, 5.74) is 0. The molecule has 0 saturated carbocycles. The molecule has 1 aromatic carbocycles. The van der Waals surface area contributed by atoms with Gasteiger partial charge in [0.1, 0.15) is 0 Å². The van der Waals surface area contributed by atoms with E-state index in [1.807, 2.05) is 0 Å². The molecule has 0 aromatic heterocycles. The summed E-state index contributed by atoms with van der Waals surface area (Å²) in [4.78, 5) is 0.238. The molecule has 1 aromatic rings. The third-order valence-corrected chi connectivity index (χ3v) is 5.09. The number of hydrogen-bond acceptors (Lipinski definition) is 3. The van der Waals surface area contributed by atoms with Gasteiger partial charge in [0.25, 0.3) is 10.1 Å². The Morgan fingerprint density at radius 3 is 1.83 bits per heavy atom. The Morgan fingerprint density at radius 1 is 0.826 bits per heavy atom. The molecule has 0 aliphatic carbocycles. The Morgan fingerprint density at radius 2 is 1.30 bits per heavy atom. The smallest absolute Gasteiger partial charge is 0.266 e. The molecular formula is C18H34CaO3S. The first kappa shape index (κ1) is 23.4. The number of benzene rings is 1. The van der Waals surface area contributed by atoms with Crippen LogP contribution < -0.4 is 0 Å². The minimum atomic E-state index is -3.57. The number of rotatable bonds is 13. The molecule has 0 N–H and O–H groups in total. The molecule has 0 heterocycles. The molecule has 0 amide bonds. The van der Waals surface area contributed by atoms with Gasteiger partial charge in [-0.3, -0.25) is 4.18 Å². The monoisotopic (exact) mass is 370 g/mol. The van der Waals surface area contributed by atoms with E-state index in [9.17, 15) is 8.42 Å². The van der Waals surface area contributed by atoms with Crippen molar-refractivity contribution in [3.63, 3.8) is 0 Å². The summed E-state index contributed by atoms with van der Waals surface area (Å²) < 4.78 is 28.8. The van der Waals surface area contributed by atoms with E-state index in [2.05, 4.69) is 6.92 Å². The van der Waals surface area contributed by atoms with Gasteiger partial charge in [-0.1, -0.05) is 82.9 Å². The summed E-state index contributed by atoms with van der Waals surface area (Å²) in [5, 5.41) is 0. The Labute approximate surface area is 175 Å². The predicted molar refractivity (Wildman–Crippen MR) is 101 cm³/mol. The molecule has 23 heavy (non-hydrogen) atoms. The molecule has 0 aliphatic rings. The van der Waals surface area contributed by atoms with E-state index >= 15 is 0 Å². The second kappa shape index (κ2) is 14.7. The molecule has 132 valence electrons. The Bertz CT molecular complexity index is 484. The molecule has 1 rings (SSSR count). The van der Waals surface area contributed by atoms with Crippen LogP contribution in [0.2, 0.25) is 0 Å². The van der Waals surface area contributed by atoms with Crippen molar-refractivity contribution in [1.29, 1.82) is 0 Å². The predicted octanol–water partition coefficient (Wildman–Crippen LogP) is 5.42. The molecule has 0 saturated heterocycles. The van der Waals surface area contributed by atoms with Crippen molar-refractivity contribution in [2.45, 2.75) is 76.0 Å². The first-order valence-electron chi connectivity index (χ1n) is 8.61. The van der Waals surface area contributed by atoms with Crippen molar-refractivity contribution in [1.82, 2.24) is 0 Å². The summed E-state index contributed by atoms with van der Waals surface area (Å²) >= 11 is 0. The van der Waals surface area contributed by atoms with Crippen LogP contribution in [-0.4, -0.2) is 52.8 Å². The van der Waals surface area contributed by atoms with Gasteiger partial charge >= 0.3 is 0 Å². The van der Waals surface area contributed by atoms with Crippen LogP contribution in [0.15, 0.2) is 35.2 Å². The van der Waals surface area contributed by atoms with Gasteiger partial charge in [-0.05, 0) is 18.6 Å². The maximum Gasteiger partial charge on any atom is 0.296 e. The van der Waals surface area contributed by atoms with E-state index in [0.717, 1.165) is 12.8 Å². The van der Waals surface area contributed by atoms with Crippen molar-refractivity contribution >= 4 is 47.9 Å². The normalized spacial score (nSPS) is 11.2. The van der Waals surface area contributed by atoms with Crippen LogP contribution in [0.5, 0.6) is 0 Å². The maximum absolute atomic E-state index is 11.9. The molecule has 0 atom stereocenters. The summed E-state index contributed by atoms with van der Waals surface area (Å²) in [6.45, 7) is 2.52. The van der Waals surface area contributed by atoms with Crippen LogP contribution >= 0.6 is 0 Å². The number of hydrogen-bond donors (Lipinski definition) is 0. The topological polar surface area (TPSA) is 43.4 Å². The molecule has 3 nitrogen and oxygen atoms in total. The van der Waals surface area contributed by atoms with Gasteiger partial charge in [0.05, 0.1) is 11.5 Å². The fourth-order valence-electron chi connectivity index (χ4n) is 2.41. The molecule has 0 bridgehead atoms. The molecule has 0 aliphatic heterocycles. The van der Waals surface area contributed by atoms with Gasteiger partial charge < -0.3 is 0 Å². The van der Waals surface area contributed by atoms with Crippen molar-refractivity contribution in [2.75, 3.05) is 6.61 Å². The van der Waals surface area contributed by atoms with Crippen LogP contribution in [0.1, 0.15) is 74.0 Å². The van der Waals surface area contributed by atoms with Crippen molar-refractivity contribution < 1.29 is 15.5 Å². The van der Waals surface area contributed by atoms with Gasteiger partial charge in [0.15, 0.2) is 0 Å². The maximum atomic E-state index is 11.9. The van der Waals surface area contributed by atoms with Crippen LogP contribution in [-0.2, 0) is 14.3 Å². The summed E-state index contributed by atoms with van der Waals surface area (Å²) in [6.07, 6.45) is 12.3. The zero-order valence-electron chi connectivity index (χ0n) is 14.5. The third-order valence-electron chi connectivity index (χ3n) is 3.77. The second-order valence-corrected chi connectivity index (χ2v) is 7.39. The molecule has 0 spiro atoms. The Balaban J connectivity index is -0.00000161. The minimum Gasteiger partial charge on any atom is -0.266 e. The van der Waals surface area contributed by atoms with Gasteiger partial charge in [-0.15, -0.1) is 0 Å². The van der Waals surface area contributed by atoms with E-state index in [-0.39, 0.29) is 52.1 Å². The minimum absolute atomic E-state index is 0. The van der Waals surface area contributed by atoms with Crippen LogP contribution in [0.4, 0.5) is 0 Å². The van der Waals surface area contributed by atoms with Gasteiger partial charge in [0.2, 0.25) is 0 Å². The van der Waals surface area contributed by atoms with Gasteiger partial charge in [-0.2, -0.15) is 8.42 Å². The van der Waals surface area contributed by atoms with E-state index in [4.69, 9.17) is 4.18 Å². The van der Waals surface area contributed by atoms with Gasteiger partial charge in [0, 0.05) is 40.6 Å². The van der Waals surface area contributed by atoms with E-state index in [1.54, 1.807) is 30.3 Å². The summed E-state index contributed by atoms with van der Waals surface area (Å²) in [5.74, 6) is 0. The zero-order valence-corrected chi connectivity index (χ0v) is 17.5. The average Bonchev–Trinajstić information content (AvgIpc) is 2.53. The third kappa shape index (κ3) is 11.5. The molecule has 0 unspecified atom stereocenters. The second-order valence-electron chi connectivity index (χ2n) is 5.77. The average molecular weight is 371 g/mol. The summed E-state index contributed by atoms with van der Waals surface area (Å²) in [7, 11) is -3.57. The fourth-order valence-corrected chi connectivity index (χ4v) is 3.38. The molecular weight excluding hydrogens is 336 g/mol. The van der Waals surface area contributed by atoms with Crippen LogP contribution in [0.3, 0.4) is 0 Å². The van der Waals surface area contributed by atoms with Crippen molar-refractivity contribution in [3.8, 4) is 0 Å². The SMILES string of the molecule is CCCCCCCCCCCCOS(=O)(=O)c1ccccc1.[Ca].[HH].[HH]. The molecule has 0 fully saturated rings. The molecule has 5 heteroatoms. The van der Waals surface area contributed by atoms with Crippen molar-refractivity contribution in [3.05, 3.63) is 30.3 Å². The van der Waals surface area contributed by atoms with Crippen molar-refractivity contribution in [2.24, 2.45) is 0 Å². The largest absolute Gasteiger partial charge is 0.296 e. The van der Waals surface area contributed by atoms with Crippen LogP contribution in [0, 0.1) is 0 Å². The molecule has 2 radical (unpaired) electrons. The Hall–Kier alpha value is 0.390.